The molecule has 1 aromatic heterocycles. The molecule has 1 aliphatic rings. The lowest BCUT2D eigenvalue weighted by Gasteiger charge is -2.22. The predicted octanol–water partition coefficient (Wildman–Crippen LogP) is 2.42. The van der Waals surface area contributed by atoms with Crippen LogP contribution >= 0.6 is 0 Å². The van der Waals surface area contributed by atoms with Gasteiger partial charge in [0.15, 0.2) is 0 Å². The molecule has 1 unspecified atom stereocenters. The zero-order valence-corrected chi connectivity index (χ0v) is 13.9. The number of aliphatic hydroxyl groups excluding tert-OH is 1. The van der Waals surface area contributed by atoms with Crippen molar-refractivity contribution in [2.75, 3.05) is 0 Å². The summed E-state index contributed by atoms with van der Waals surface area (Å²) in [5.41, 5.74) is 0.674. The number of hydrogen-bond acceptors (Lipinski definition) is 3. The van der Waals surface area contributed by atoms with Crippen molar-refractivity contribution in [3.63, 3.8) is 0 Å². The summed E-state index contributed by atoms with van der Waals surface area (Å²) in [5.74, 6) is 0.336. The highest BCUT2D eigenvalue weighted by Crippen LogP contribution is 2.37. The lowest BCUT2D eigenvalue weighted by molar-refractivity contribution is 0.270. The van der Waals surface area contributed by atoms with Gasteiger partial charge >= 0.3 is 0 Å². The van der Waals surface area contributed by atoms with E-state index in [2.05, 4.69) is 18.6 Å². The average Bonchev–Trinajstić information content (AvgIpc) is 3.18. The Bertz CT molecular complexity index is 572. The third-order valence-corrected chi connectivity index (χ3v) is 5.94. The van der Waals surface area contributed by atoms with E-state index in [0.29, 0.717) is 17.7 Å². The van der Waals surface area contributed by atoms with Gasteiger partial charge in [0.1, 0.15) is 0 Å². The van der Waals surface area contributed by atoms with Gasteiger partial charge in [-0.2, -0.15) is 0 Å². The van der Waals surface area contributed by atoms with E-state index in [1.165, 1.54) is 0 Å². The Morgan fingerprint density at radius 1 is 1.38 bits per heavy atom. The van der Waals surface area contributed by atoms with E-state index in [4.69, 9.17) is 0 Å². The number of nitrogens with one attached hydrogen (secondary N) is 1. The van der Waals surface area contributed by atoms with Crippen molar-refractivity contribution in [2.24, 2.45) is 5.92 Å². The number of hydrogen-bond donors (Lipinski definition) is 2. The zero-order valence-electron chi connectivity index (χ0n) is 13.0. The first-order chi connectivity index (χ1) is 9.92. The Hall–Kier alpha value is -0.850. The van der Waals surface area contributed by atoms with Crippen molar-refractivity contribution in [1.82, 2.24) is 9.29 Å². The largest absolute Gasteiger partial charge is 0.390 e. The molecule has 120 valence electrons. The second-order valence-electron chi connectivity index (χ2n) is 5.95. The first kappa shape index (κ1) is 16.5. The highest BCUT2D eigenvalue weighted by atomic mass is 32.2. The second kappa shape index (κ2) is 6.50. The molecule has 2 rings (SSSR count). The van der Waals surface area contributed by atoms with Gasteiger partial charge in [0.2, 0.25) is 10.0 Å². The van der Waals surface area contributed by atoms with Crippen LogP contribution in [-0.4, -0.2) is 24.1 Å². The Morgan fingerprint density at radius 2 is 2.00 bits per heavy atom. The third kappa shape index (κ3) is 3.67. The van der Waals surface area contributed by atoms with Gasteiger partial charge < -0.3 is 9.67 Å². The van der Waals surface area contributed by atoms with E-state index in [9.17, 15) is 13.5 Å². The summed E-state index contributed by atoms with van der Waals surface area (Å²) in [7, 11) is -3.52. The van der Waals surface area contributed by atoms with Crippen LogP contribution in [0.3, 0.4) is 0 Å². The molecule has 0 aliphatic heterocycles. The Morgan fingerprint density at radius 3 is 2.48 bits per heavy atom. The van der Waals surface area contributed by atoms with Crippen LogP contribution in [0.15, 0.2) is 17.2 Å². The van der Waals surface area contributed by atoms with E-state index in [1.54, 1.807) is 12.3 Å². The third-order valence-electron chi connectivity index (χ3n) is 4.42. The quantitative estimate of drug-likeness (QED) is 0.774. The van der Waals surface area contributed by atoms with Crippen molar-refractivity contribution in [3.05, 3.63) is 18.0 Å². The van der Waals surface area contributed by atoms with E-state index in [1.807, 2.05) is 11.5 Å². The van der Waals surface area contributed by atoms with Crippen molar-refractivity contribution in [2.45, 2.75) is 70.0 Å². The normalized spacial score (nSPS) is 17.4. The lowest BCUT2D eigenvalue weighted by atomic mass is 9.96. The van der Waals surface area contributed by atoms with Crippen LogP contribution in [0.25, 0.3) is 0 Å². The fourth-order valence-electron chi connectivity index (χ4n) is 2.87. The molecule has 1 heterocycles. The summed E-state index contributed by atoms with van der Waals surface area (Å²) in [6.45, 7) is 5.94. The van der Waals surface area contributed by atoms with Gasteiger partial charge in [0, 0.05) is 24.0 Å². The maximum atomic E-state index is 12.5. The van der Waals surface area contributed by atoms with Gasteiger partial charge in [0.25, 0.3) is 0 Å². The zero-order chi connectivity index (χ0) is 15.6. The molecule has 1 saturated carbocycles. The monoisotopic (exact) mass is 314 g/mol. The number of nitrogens with zero attached hydrogens (tertiary/aromatic N) is 1. The molecule has 6 heteroatoms. The minimum Gasteiger partial charge on any atom is -0.390 e. The molecule has 0 amide bonds. The molecule has 0 radical (unpaired) electrons. The highest BCUT2D eigenvalue weighted by Gasteiger charge is 2.29. The minimum absolute atomic E-state index is 0.0909. The Kier molecular flexibility index (Phi) is 5.11. The van der Waals surface area contributed by atoms with Crippen molar-refractivity contribution in [3.8, 4) is 0 Å². The smallest absolute Gasteiger partial charge is 0.242 e. The first-order valence-electron chi connectivity index (χ1n) is 7.76. The first-order valence-corrected chi connectivity index (χ1v) is 9.25. The van der Waals surface area contributed by atoms with Crippen molar-refractivity contribution < 1.29 is 13.5 Å². The van der Waals surface area contributed by atoms with E-state index < -0.39 is 10.0 Å². The van der Waals surface area contributed by atoms with Crippen molar-refractivity contribution in [1.29, 1.82) is 0 Å². The Labute approximate surface area is 127 Å². The van der Waals surface area contributed by atoms with Gasteiger partial charge in [-0.25, -0.2) is 13.1 Å². The van der Waals surface area contributed by atoms with E-state index in [0.717, 1.165) is 25.7 Å². The van der Waals surface area contributed by atoms with Gasteiger partial charge in [-0.1, -0.05) is 26.7 Å². The summed E-state index contributed by atoms with van der Waals surface area (Å²) in [6.07, 6.45) is 5.67. The van der Waals surface area contributed by atoms with Gasteiger partial charge in [0.05, 0.1) is 11.5 Å². The molecular weight excluding hydrogens is 288 g/mol. The molecule has 1 atom stereocenters. The highest BCUT2D eigenvalue weighted by molar-refractivity contribution is 7.89. The summed E-state index contributed by atoms with van der Waals surface area (Å²) < 4.78 is 29.7. The summed E-state index contributed by atoms with van der Waals surface area (Å²) in [6, 6.07) is 1.85. The van der Waals surface area contributed by atoms with Gasteiger partial charge in [-0.15, -0.1) is 0 Å². The molecule has 5 nitrogen and oxygen atoms in total. The summed E-state index contributed by atoms with van der Waals surface area (Å²) in [5, 5.41) is 9.38. The van der Waals surface area contributed by atoms with Crippen LogP contribution < -0.4 is 4.72 Å². The Balaban J connectivity index is 2.19. The fraction of sp³-hybridized carbons (Fsp3) is 0.733. The van der Waals surface area contributed by atoms with Gasteiger partial charge in [-0.3, -0.25) is 0 Å². The standard InChI is InChI=1S/C15H26N2O3S/c1-4-12(5-2)11(3)16-21(19,20)15-8-14(10-18)17(9-15)13-6-7-13/h8-9,11-13,16,18H,4-7,10H2,1-3H3. The summed E-state index contributed by atoms with van der Waals surface area (Å²) >= 11 is 0. The topological polar surface area (TPSA) is 71.3 Å². The number of sulfonamides is 1. The second-order valence-corrected chi connectivity index (χ2v) is 7.66. The maximum absolute atomic E-state index is 12.5. The molecule has 0 saturated heterocycles. The van der Waals surface area contributed by atoms with Gasteiger partial charge in [-0.05, 0) is 31.7 Å². The molecule has 0 bridgehead atoms. The van der Waals surface area contributed by atoms with Crippen LogP contribution in [0, 0.1) is 5.92 Å². The molecule has 1 aromatic rings. The van der Waals surface area contributed by atoms with Crippen LogP contribution in [-0.2, 0) is 16.6 Å². The molecule has 0 spiro atoms. The maximum Gasteiger partial charge on any atom is 0.242 e. The average molecular weight is 314 g/mol. The lowest BCUT2D eigenvalue weighted by Crippen LogP contribution is -2.37. The van der Waals surface area contributed by atoms with E-state index in [-0.39, 0.29) is 17.5 Å². The van der Waals surface area contributed by atoms with E-state index >= 15 is 0 Å². The number of aromatic nitrogens is 1. The van der Waals surface area contributed by atoms with Crippen molar-refractivity contribution >= 4 is 10.0 Å². The molecular formula is C15H26N2O3S. The van der Waals surface area contributed by atoms with Crippen LogP contribution in [0.2, 0.25) is 0 Å². The molecule has 2 N–H and O–H groups in total. The van der Waals surface area contributed by atoms with Crippen LogP contribution in [0.1, 0.15) is 58.2 Å². The SMILES string of the molecule is CCC(CC)C(C)NS(=O)(=O)c1cc(CO)n(C2CC2)c1. The molecule has 0 aromatic carbocycles. The molecule has 1 aliphatic carbocycles. The fourth-order valence-corrected chi connectivity index (χ4v) is 4.23. The molecule has 21 heavy (non-hydrogen) atoms. The number of aliphatic hydroxyl groups is 1. The number of rotatable bonds is 8. The van der Waals surface area contributed by atoms with Crippen LogP contribution in [0.4, 0.5) is 0 Å². The van der Waals surface area contributed by atoms with Crippen LogP contribution in [0.5, 0.6) is 0 Å². The molecule has 1 fully saturated rings. The predicted molar refractivity (Wildman–Crippen MR) is 82.5 cm³/mol. The summed E-state index contributed by atoms with van der Waals surface area (Å²) in [4.78, 5) is 0.260. The minimum atomic E-state index is -3.52.